The van der Waals surface area contributed by atoms with E-state index in [1.54, 1.807) is 37.3 Å². The third-order valence-corrected chi connectivity index (χ3v) is 5.79. The number of amides is 2. The second kappa shape index (κ2) is 9.67. The molecule has 1 aliphatic rings. The molecule has 0 unspecified atom stereocenters. The van der Waals surface area contributed by atoms with E-state index in [0.29, 0.717) is 28.9 Å². The first kappa shape index (κ1) is 21.7. The number of amidine groups is 1. The number of rotatable bonds is 7. The SMILES string of the molecule is CCN1C(=O)[C@H](CC(=O)Nc2cccc(C)c2)SC1=Nc1ccc(OC)cc1OC. The number of ether oxygens (including phenoxy) is 2. The van der Waals surface area contributed by atoms with Crippen molar-refractivity contribution in [3.05, 3.63) is 48.0 Å². The molecule has 158 valence electrons. The summed E-state index contributed by atoms with van der Waals surface area (Å²) in [6, 6.07) is 12.9. The highest BCUT2D eigenvalue weighted by atomic mass is 32.2. The third kappa shape index (κ3) is 4.94. The molecule has 0 aliphatic carbocycles. The summed E-state index contributed by atoms with van der Waals surface area (Å²) >= 11 is 1.30. The molecule has 7 nitrogen and oxygen atoms in total. The number of aliphatic imine (C=N–C) groups is 1. The van der Waals surface area contributed by atoms with Crippen molar-refractivity contribution in [3.8, 4) is 11.5 Å². The smallest absolute Gasteiger partial charge is 0.242 e. The summed E-state index contributed by atoms with van der Waals surface area (Å²) in [6.07, 6.45) is 0.0761. The van der Waals surface area contributed by atoms with Crippen LogP contribution in [0, 0.1) is 6.92 Å². The van der Waals surface area contributed by atoms with Gasteiger partial charge in [-0.1, -0.05) is 23.9 Å². The minimum atomic E-state index is -0.516. The number of benzene rings is 2. The highest BCUT2D eigenvalue weighted by Gasteiger charge is 2.38. The molecule has 8 heteroatoms. The minimum Gasteiger partial charge on any atom is -0.497 e. The first-order valence-corrected chi connectivity index (χ1v) is 10.5. The van der Waals surface area contributed by atoms with Crippen LogP contribution in [-0.4, -0.2) is 47.9 Å². The minimum absolute atomic E-state index is 0.0761. The Kier molecular flexibility index (Phi) is 6.99. The largest absolute Gasteiger partial charge is 0.497 e. The standard InChI is InChI=1S/C22H25N3O4S/c1-5-25-21(27)19(13-20(26)23-15-8-6-7-14(2)11-15)30-22(25)24-17-10-9-16(28-3)12-18(17)29-4/h6-12,19H,5,13H2,1-4H3,(H,23,26)/t19-/m0/s1. The zero-order valence-electron chi connectivity index (χ0n) is 17.5. The molecule has 0 aromatic heterocycles. The van der Waals surface area contributed by atoms with Crippen LogP contribution in [0.3, 0.4) is 0 Å². The molecule has 1 atom stereocenters. The van der Waals surface area contributed by atoms with Gasteiger partial charge >= 0.3 is 0 Å². The van der Waals surface area contributed by atoms with E-state index in [1.165, 1.54) is 11.8 Å². The number of carbonyl (C=O) groups excluding carboxylic acids is 2. The van der Waals surface area contributed by atoms with Crippen molar-refractivity contribution in [1.29, 1.82) is 0 Å². The van der Waals surface area contributed by atoms with Gasteiger partial charge in [0.25, 0.3) is 0 Å². The van der Waals surface area contributed by atoms with Crippen molar-refractivity contribution in [2.75, 3.05) is 26.1 Å². The van der Waals surface area contributed by atoms with Crippen molar-refractivity contribution in [3.63, 3.8) is 0 Å². The van der Waals surface area contributed by atoms with E-state index in [4.69, 9.17) is 9.47 Å². The molecular formula is C22H25N3O4S. The number of hydrogen-bond acceptors (Lipinski definition) is 6. The molecular weight excluding hydrogens is 402 g/mol. The zero-order valence-corrected chi connectivity index (χ0v) is 18.3. The second-order valence-corrected chi connectivity index (χ2v) is 7.91. The van der Waals surface area contributed by atoms with E-state index >= 15 is 0 Å². The summed E-state index contributed by atoms with van der Waals surface area (Å²) in [5.41, 5.74) is 2.37. The lowest BCUT2D eigenvalue weighted by atomic mass is 10.2. The first-order chi connectivity index (χ1) is 14.4. The number of nitrogens with zero attached hydrogens (tertiary/aromatic N) is 2. The molecule has 0 radical (unpaired) electrons. The average molecular weight is 428 g/mol. The molecule has 30 heavy (non-hydrogen) atoms. The second-order valence-electron chi connectivity index (χ2n) is 6.74. The van der Waals surface area contributed by atoms with E-state index < -0.39 is 5.25 Å². The molecule has 2 aromatic rings. The van der Waals surface area contributed by atoms with Crippen LogP contribution in [0.4, 0.5) is 11.4 Å². The van der Waals surface area contributed by atoms with E-state index in [1.807, 2.05) is 38.1 Å². The Hall–Kier alpha value is -3.00. The Morgan fingerprint density at radius 2 is 2.00 bits per heavy atom. The van der Waals surface area contributed by atoms with Gasteiger partial charge in [-0.3, -0.25) is 14.5 Å². The maximum absolute atomic E-state index is 12.8. The molecule has 1 heterocycles. The van der Waals surface area contributed by atoms with E-state index in [0.717, 1.165) is 11.3 Å². The summed E-state index contributed by atoms with van der Waals surface area (Å²) in [5.74, 6) is 0.884. The Morgan fingerprint density at radius 3 is 2.67 bits per heavy atom. The van der Waals surface area contributed by atoms with Crippen LogP contribution < -0.4 is 14.8 Å². The fourth-order valence-electron chi connectivity index (χ4n) is 3.10. The number of aryl methyl sites for hydroxylation is 1. The summed E-state index contributed by atoms with van der Waals surface area (Å²) in [7, 11) is 3.14. The third-order valence-electron chi connectivity index (χ3n) is 4.61. The lowest BCUT2D eigenvalue weighted by molar-refractivity contribution is -0.128. The van der Waals surface area contributed by atoms with E-state index in [9.17, 15) is 9.59 Å². The summed E-state index contributed by atoms with van der Waals surface area (Å²) < 4.78 is 10.6. The molecule has 1 N–H and O–H groups in total. The number of anilines is 1. The normalized spacial score (nSPS) is 17.3. The first-order valence-electron chi connectivity index (χ1n) is 9.60. The van der Waals surface area contributed by atoms with E-state index in [-0.39, 0.29) is 18.2 Å². The van der Waals surface area contributed by atoms with Gasteiger partial charge in [0.1, 0.15) is 22.4 Å². The van der Waals surface area contributed by atoms with Crippen LogP contribution in [0.5, 0.6) is 11.5 Å². The van der Waals surface area contributed by atoms with Gasteiger partial charge in [-0.2, -0.15) is 0 Å². The summed E-state index contributed by atoms with van der Waals surface area (Å²) in [6.45, 7) is 4.31. The number of carbonyl (C=O) groups is 2. The molecule has 1 saturated heterocycles. The Labute approximate surface area is 180 Å². The predicted octanol–water partition coefficient (Wildman–Crippen LogP) is 3.99. The Morgan fingerprint density at radius 1 is 1.20 bits per heavy atom. The van der Waals surface area contributed by atoms with Crippen molar-refractivity contribution in [1.82, 2.24) is 4.90 Å². The molecule has 1 fully saturated rings. The predicted molar refractivity (Wildman–Crippen MR) is 120 cm³/mol. The monoisotopic (exact) mass is 427 g/mol. The molecule has 0 bridgehead atoms. The quantitative estimate of drug-likeness (QED) is 0.723. The maximum Gasteiger partial charge on any atom is 0.242 e. The van der Waals surface area contributed by atoms with Gasteiger partial charge in [0.2, 0.25) is 11.8 Å². The fraction of sp³-hybridized carbons (Fsp3) is 0.318. The van der Waals surface area contributed by atoms with Gasteiger partial charge in [-0.05, 0) is 43.7 Å². The van der Waals surface area contributed by atoms with Gasteiger partial charge < -0.3 is 14.8 Å². The molecule has 0 spiro atoms. The number of thioether (sulfide) groups is 1. The molecule has 2 amide bonds. The van der Waals surface area contributed by atoms with E-state index in [2.05, 4.69) is 10.3 Å². The van der Waals surface area contributed by atoms with Crippen LogP contribution in [0.15, 0.2) is 47.5 Å². The van der Waals surface area contributed by atoms with Crippen LogP contribution >= 0.6 is 11.8 Å². The van der Waals surface area contributed by atoms with Gasteiger partial charge in [0, 0.05) is 24.7 Å². The molecule has 1 aliphatic heterocycles. The zero-order chi connectivity index (χ0) is 21.7. The Bertz CT molecular complexity index is 977. The Balaban J connectivity index is 1.76. The van der Waals surface area contributed by atoms with Gasteiger partial charge in [-0.15, -0.1) is 0 Å². The highest BCUT2D eigenvalue weighted by Crippen LogP contribution is 2.36. The van der Waals surface area contributed by atoms with Crippen LogP contribution in [0.25, 0.3) is 0 Å². The van der Waals surface area contributed by atoms with Crippen LogP contribution in [-0.2, 0) is 9.59 Å². The maximum atomic E-state index is 12.8. The fourth-order valence-corrected chi connectivity index (χ4v) is 4.31. The van der Waals surface area contributed by atoms with Gasteiger partial charge in [0.05, 0.1) is 14.2 Å². The van der Waals surface area contributed by atoms with Crippen LogP contribution in [0.1, 0.15) is 18.9 Å². The van der Waals surface area contributed by atoms with Gasteiger partial charge in [0.15, 0.2) is 5.17 Å². The molecule has 2 aromatic carbocycles. The van der Waals surface area contributed by atoms with Gasteiger partial charge in [-0.25, -0.2) is 4.99 Å². The van der Waals surface area contributed by atoms with Crippen molar-refractivity contribution >= 4 is 40.1 Å². The number of methoxy groups -OCH3 is 2. The summed E-state index contributed by atoms with van der Waals surface area (Å²) in [4.78, 5) is 31.5. The molecule has 3 rings (SSSR count). The number of hydrogen-bond donors (Lipinski definition) is 1. The molecule has 0 saturated carbocycles. The van der Waals surface area contributed by atoms with Crippen LogP contribution in [0.2, 0.25) is 0 Å². The van der Waals surface area contributed by atoms with Crippen molar-refractivity contribution in [2.45, 2.75) is 25.5 Å². The number of nitrogens with one attached hydrogen (secondary N) is 1. The highest BCUT2D eigenvalue weighted by molar-refractivity contribution is 8.15. The lowest BCUT2D eigenvalue weighted by Crippen LogP contribution is -2.33. The summed E-state index contributed by atoms with van der Waals surface area (Å²) in [5, 5.41) is 2.90. The van der Waals surface area contributed by atoms with Crippen molar-refractivity contribution in [2.24, 2.45) is 4.99 Å². The lowest BCUT2D eigenvalue weighted by Gasteiger charge is -2.14. The van der Waals surface area contributed by atoms with Crippen molar-refractivity contribution < 1.29 is 19.1 Å². The topological polar surface area (TPSA) is 80.2 Å². The average Bonchev–Trinajstić information content (AvgIpc) is 3.02.